The fourth-order valence-corrected chi connectivity index (χ4v) is 4.19. The van der Waals surface area contributed by atoms with Crippen LogP contribution in [0.3, 0.4) is 0 Å². The van der Waals surface area contributed by atoms with Crippen LogP contribution in [-0.4, -0.2) is 39.6 Å². The average molecular weight is 388 g/mol. The smallest absolute Gasteiger partial charge is 0.230 e. The van der Waals surface area contributed by atoms with Crippen LogP contribution >= 0.6 is 11.8 Å². The molecule has 2 aliphatic heterocycles. The highest BCUT2D eigenvalue weighted by molar-refractivity contribution is 7.99. The summed E-state index contributed by atoms with van der Waals surface area (Å²) < 4.78 is 13.3. The molecule has 3 heterocycles. The number of benzene rings is 1. The van der Waals surface area contributed by atoms with E-state index in [-0.39, 0.29) is 11.9 Å². The second-order valence-corrected chi connectivity index (χ2v) is 7.78. The molecule has 0 fully saturated rings. The number of nitrogens with one attached hydrogen (secondary N) is 1. The van der Waals surface area contributed by atoms with Crippen molar-refractivity contribution in [2.45, 2.75) is 50.4 Å². The van der Waals surface area contributed by atoms with Gasteiger partial charge in [-0.2, -0.15) is 0 Å². The van der Waals surface area contributed by atoms with E-state index in [0.717, 1.165) is 53.9 Å². The van der Waals surface area contributed by atoms with Crippen LogP contribution in [0.15, 0.2) is 23.4 Å². The standard InChI is InChI=1S/C19H24N4O3S/c1-13(14-6-7-15-16(11-14)26-10-9-25-15)20-18(24)12-27-19-22-21-17-5-3-2-4-8-23(17)19/h6-7,11,13H,2-5,8-10,12H2,1H3,(H,20,24)/t13-/m0/s1. The average Bonchev–Trinajstić information content (AvgIpc) is 2.92. The number of nitrogens with zero attached hydrogens (tertiary/aromatic N) is 3. The molecule has 0 spiro atoms. The summed E-state index contributed by atoms with van der Waals surface area (Å²) in [6.07, 6.45) is 4.50. The largest absolute Gasteiger partial charge is 0.486 e. The Balaban J connectivity index is 1.33. The highest BCUT2D eigenvalue weighted by atomic mass is 32.2. The summed E-state index contributed by atoms with van der Waals surface area (Å²) >= 11 is 1.45. The van der Waals surface area contributed by atoms with Crippen LogP contribution in [0.25, 0.3) is 0 Å². The number of fused-ring (bicyclic) bond motifs is 2. The number of ether oxygens (including phenoxy) is 2. The minimum atomic E-state index is -0.107. The van der Waals surface area contributed by atoms with E-state index in [9.17, 15) is 4.79 Å². The van der Waals surface area contributed by atoms with Crippen LogP contribution in [0, 0.1) is 0 Å². The molecular formula is C19H24N4O3S. The van der Waals surface area contributed by atoms with Crippen LogP contribution in [0.1, 0.15) is 43.6 Å². The van der Waals surface area contributed by atoms with Crippen molar-refractivity contribution in [1.29, 1.82) is 0 Å². The molecule has 7 nitrogen and oxygen atoms in total. The quantitative estimate of drug-likeness (QED) is 0.794. The van der Waals surface area contributed by atoms with Crippen molar-refractivity contribution in [3.05, 3.63) is 29.6 Å². The Morgan fingerprint density at radius 3 is 2.96 bits per heavy atom. The lowest BCUT2D eigenvalue weighted by Crippen LogP contribution is -2.28. The second kappa shape index (κ2) is 8.21. The normalized spacial score (nSPS) is 16.9. The molecule has 0 aliphatic carbocycles. The highest BCUT2D eigenvalue weighted by Gasteiger charge is 2.18. The molecule has 1 aromatic heterocycles. The number of hydrogen-bond acceptors (Lipinski definition) is 6. The summed E-state index contributed by atoms with van der Waals surface area (Å²) in [7, 11) is 0. The van der Waals surface area contributed by atoms with Gasteiger partial charge in [0.1, 0.15) is 19.0 Å². The van der Waals surface area contributed by atoms with E-state index in [0.29, 0.717) is 19.0 Å². The Morgan fingerprint density at radius 2 is 2.07 bits per heavy atom. The van der Waals surface area contributed by atoms with Gasteiger partial charge < -0.3 is 19.4 Å². The van der Waals surface area contributed by atoms with Gasteiger partial charge in [-0.1, -0.05) is 24.2 Å². The lowest BCUT2D eigenvalue weighted by Gasteiger charge is -2.21. The molecule has 4 rings (SSSR count). The van der Waals surface area contributed by atoms with Crippen molar-refractivity contribution < 1.29 is 14.3 Å². The van der Waals surface area contributed by atoms with Gasteiger partial charge in [-0.05, 0) is 37.5 Å². The monoisotopic (exact) mass is 388 g/mol. The topological polar surface area (TPSA) is 78.3 Å². The molecule has 8 heteroatoms. The van der Waals surface area contributed by atoms with Crippen molar-refractivity contribution in [1.82, 2.24) is 20.1 Å². The highest BCUT2D eigenvalue weighted by Crippen LogP contribution is 2.32. The van der Waals surface area contributed by atoms with Crippen LogP contribution in [0.4, 0.5) is 0 Å². The third-order valence-electron chi connectivity index (χ3n) is 4.85. The van der Waals surface area contributed by atoms with Crippen molar-refractivity contribution >= 4 is 17.7 Å². The first kappa shape index (κ1) is 18.2. The van der Waals surface area contributed by atoms with E-state index in [1.54, 1.807) is 0 Å². The number of rotatable bonds is 5. The molecule has 1 aromatic carbocycles. The Hall–Kier alpha value is -2.22. The predicted octanol–water partition coefficient (Wildman–Crippen LogP) is 2.75. The van der Waals surface area contributed by atoms with Gasteiger partial charge in [-0.3, -0.25) is 4.79 Å². The molecule has 0 saturated carbocycles. The van der Waals surface area contributed by atoms with Crippen LogP contribution in [0.2, 0.25) is 0 Å². The predicted molar refractivity (Wildman–Crippen MR) is 102 cm³/mol. The van der Waals surface area contributed by atoms with Gasteiger partial charge in [0, 0.05) is 13.0 Å². The van der Waals surface area contributed by atoms with Crippen molar-refractivity contribution in [3.8, 4) is 11.5 Å². The zero-order valence-electron chi connectivity index (χ0n) is 15.4. The molecule has 0 unspecified atom stereocenters. The molecule has 0 radical (unpaired) electrons. The van der Waals surface area contributed by atoms with E-state index in [1.807, 2.05) is 25.1 Å². The minimum absolute atomic E-state index is 0.0200. The summed E-state index contributed by atoms with van der Waals surface area (Å²) in [6, 6.07) is 5.69. The molecule has 0 saturated heterocycles. The summed E-state index contributed by atoms with van der Waals surface area (Å²) in [5.74, 6) is 2.84. The number of hydrogen-bond donors (Lipinski definition) is 1. The zero-order chi connectivity index (χ0) is 18.6. The van der Waals surface area contributed by atoms with E-state index in [1.165, 1.54) is 18.2 Å². The van der Waals surface area contributed by atoms with E-state index in [4.69, 9.17) is 9.47 Å². The van der Waals surface area contributed by atoms with Crippen LogP contribution < -0.4 is 14.8 Å². The van der Waals surface area contributed by atoms with E-state index < -0.39 is 0 Å². The lowest BCUT2D eigenvalue weighted by atomic mass is 10.1. The van der Waals surface area contributed by atoms with Crippen LogP contribution in [0.5, 0.6) is 11.5 Å². The summed E-state index contributed by atoms with van der Waals surface area (Å²) in [5, 5.41) is 12.4. The Morgan fingerprint density at radius 1 is 1.22 bits per heavy atom. The van der Waals surface area contributed by atoms with E-state index >= 15 is 0 Å². The molecule has 0 bridgehead atoms. The van der Waals surface area contributed by atoms with Gasteiger partial charge in [0.05, 0.1) is 11.8 Å². The number of aryl methyl sites for hydroxylation is 1. The number of amides is 1. The van der Waals surface area contributed by atoms with Crippen molar-refractivity contribution in [2.24, 2.45) is 0 Å². The second-order valence-electron chi connectivity index (χ2n) is 6.84. The maximum absolute atomic E-state index is 12.4. The zero-order valence-corrected chi connectivity index (χ0v) is 16.3. The Kier molecular flexibility index (Phi) is 5.52. The molecule has 2 aromatic rings. The van der Waals surface area contributed by atoms with Gasteiger partial charge >= 0.3 is 0 Å². The number of aromatic nitrogens is 3. The third-order valence-corrected chi connectivity index (χ3v) is 5.82. The fourth-order valence-electron chi connectivity index (χ4n) is 3.39. The molecular weight excluding hydrogens is 364 g/mol. The third kappa shape index (κ3) is 4.21. The summed E-state index contributed by atoms with van der Waals surface area (Å²) in [6.45, 7) is 4.04. The van der Waals surface area contributed by atoms with E-state index in [2.05, 4.69) is 20.1 Å². The lowest BCUT2D eigenvalue weighted by molar-refractivity contribution is -0.119. The first-order chi connectivity index (χ1) is 13.2. The van der Waals surface area contributed by atoms with Gasteiger partial charge in [-0.15, -0.1) is 10.2 Å². The van der Waals surface area contributed by atoms with Gasteiger partial charge in [0.2, 0.25) is 5.91 Å². The Bertz CT molecular complexity index is 823. The summed E-state index contributed by atoms with van der Waals surface area (Å²) in [4.78, 5) is 12.4. The molecule has 1 N–H and O–H groups in total. The van der Waals surface area contributed by atoms with Crippen LogP contribution in [-0.2, 0) is 17.8 Å². The SMILES string of the molecule is C[C@H](NC(=O)CSc1nnc2n1CCCCC2)c1ccc2c(c1)OCCO2. The number of carbonyl (C=O) groups is 1. The maximum atomic E-state index is 12.4. The van der Waals surface area contributed by atoms with Crippen molar-refractivity contribution in [2.75, 3.05) is 19.0 Å². The van der Waals surface area contributed by atoms with Gasteiger partial charge in [0.25, 0.3) is 0 Å². The van der Waals surface area contributed by atoms with Gasteiger partial charge in [-0.25, -0.2) is 0 Å². The molecule has 2 aliphatic rings. The molecule has 1 atom stereocenters. The fraction of sp³-hybridized carbons (Fsp3) is 0.526. The first-order valence-electron chi connectivity index (χ1n) is 9.44. The number of carbonyl (C=O) groups excluding carboxylic acids is 1. The number of thioether (sulfide) groups is 1. The molecule has 27 heavy (non-hydrogen) atoms. The van der Waals surface area contributed by atoms with Gasteiger partial charge in [0.15, 0.2) is 16.7 Å². The summed E-state index contributed by atoms with van der Waals surface area (Å²) in [5.41, 5.74) is 0.994. The first-order valence-corrected chi connectivity index (χ1v) is 10.4. The molecule has 1 amide bonds. The Labute approximate surface area is 162 Å². The minimum Gasteiger partial charge on any atom is -0.486 e. The van der Waals surface area contributed by atoms with Crippen molar-refractivity contribution in [3.63, 3.8) is 0 Å². The molecule has 144 valence electrons. The maximum Gasteiger partial charge on any atom is 0.230 e.